The molecule has 0 atom stereocenters. The summed E-state index contributed by atoms with van der Waals surface area (Å²) in [6, 6.07) is 17.2. The molecule has 0 radical (unpaired) electrons. The Hall–Kier alpha value is -2.63. The predicted molar refractivity (Wildman–Crippen MR) is 91.6 cm³/mol. The molecular weight excluding hydrogens is 290 g/mol. The summed E-state index contributed by atoms with van der Waals surface area (Å²) in [7, 11) is 3.49. The van der Waals surface area contributed by atoms with Gasteiger partial charge in [-0.1, -0.05) is 54.6 Å². The second kappa shape index (κ2) is 8.12. The molecule has 3 N–H and O–H groups in total. The van der Waals surface area contributed by atoms with Crippen LogP contribution in [-0.2, 0) is 11.4 Å². The van der Waals surface area contributed by atoms with Gasteiger partial charge in [-0.2, -0.15) is 0 Å². The summed E-state index contributed by atoms with van der Waals surface area (Å²) in [6.45, 7) is -0.0108. The number of benzene rings is 2. The maximum Gasteiger partial charge on any atom is 0.213 e. The second-order valence-corrected chi connectivity index (χ2v) is 5.04. The van der Waals surface area contributed by atoms with Crippen molar-refractivity contribution in [3.63, 3.8) is 0 Å². The molecule has 2 aromatic carbocycles. The maximum absolute atomic E-state index is 11.4. The van der Waals surface area contributed by atoms with Gasteiger partial charge in [0, 0.05) is 25.2 Å². The number of hydrazine groups is 1. The largest absolute Gasteiger partial charge is 0.392 e. The molecule has 1 amide bonds. The normalized spacial score (nSPS) is 11.6. The van der Waals surface area contributed by atoms with Crippen molar-refractivity contribution >= 4 is 17.8 Å². The van der Waals surface area contributed by atoms with E-state index in [0.29, 0.717) is 0 Å². The topological polar surface area (TPSA) is 64.6 Å². The minimum Gasteiger partial charge on any atom is -0.392 e. The van der Waals surface area contributed by atoms with Crippen molar-refractivity contribution < 1.29 is 9.90 Å². The van der Waals surface area contributed by atoms with Gasteiger partial charge in [0.1, 0.15) is 0 Å². The van der Waals surface area contributed by atoms with Crippen LogP contribution in [0, 0.1) is 0 Å². The fourth-order valence-corrected chi connectivity index (χ4v) is 2.34. The standard InChI is InChI=1S/C18H21N3O2/c1-19-20-17(15-6-4-3-5-7-15)18(21(2)13-23)16-10-8-14(12-22)9-11-16/h3-11,13,19-20,22H,12H2,1-2H3/b18-17-. The average Bonchev–Trinajstić information content (AvgIpc) is 2.62. The molecule has 2 aromatic rings. The Balaban J connectivity index is 2.62. The van der Waals surface area contributed by atoms with Crippen LogP contribution in [0.2, 0.25) is 0 Å². The summed E-state index contributed by atoms with van der Waals surface area (Å²) >= 11 is 0. The molecule has 0 saturated heterocycles. The zero-order valence-electron chi connectivity index (χ0n) is 13.3. The van der Waals surface area contributed by atoms with E-state index in [0.717, 1.165) is 34.5 Å². The van der Waals surface area contributed by atoms with Crippen LogP contribution in [-0.4, -0.2) is 30.5 Å². The van der Waals surface area contributed by atoms with E-state index in [4.69, 9.17) is 0 Å². The van der Waals surface area contributed by atoms with Crippen LogP contribution >= 0.6 is 0 Å². The van der Waals surface area contributed by atoms with E-state index in [1.165, 1.54) is 4.90 Å². The summed E-state index contributed by atoms with van der Waals surface area (Å²) < 4.78 is 0. The minimum absolute atomic E-state index is 0.0108. The number of aliphatic hydroxyl groups excluding tert-OH is 1. The molecule has 0 aromatic heterocycles. The summed E-state index contributed by atoms with van der Waals surface area (Å²) in [6.07, 6.45) is 0.773. The quantitative estimate of drug-likeness (QED) is 0.415. The highest BCUT2D eigenvalue weighted by Gasteiger charge is 2.15. The van der Waals surface area contributed by atoms with Gasteiger partial charge in [-0.05, 0) is 5.56 Å². The van der Waals surface area contributed by atoms with E-state index >= 15 is 0 Å². The van der Waals surface area contributed by atoms with Crippen LogP contribution in [0.1, 0.15) is 16.7 Å². The lowest BCUT2D eigenvalue weighted by Crippen LogP contribution is -2.29. The number of aliphatic hydroxyl groups is 1. The van der Waals surface area contributed by atoms with Gasteiger partial charge < -0.3 is 15.4 Å². The van der Waals surface area contributed by atoms with Crippen molar-refractivity contribution in [2.75, 3.05) is 14.1 Å². The highest BCUT2D eigenvalue weighted by atomic mass is 16.3. The number of nitrogens with one attached hydrogen (secondary N) is 2. The molecule has 0 fully saturated rings. The van der Waals surface area contributed by atoms with Gasteiger partial charge in [0.25, 0.3) is 0 Å². The molecule has 5 heteroatoms. The summed E-state index contributed by atoms with van der Waals surface area (Å²) in [5.74, 6) is 0. The van der Waals surface area contributed by atoms with E-state index in [9.17, 15) is 9.90 Å². The Labute approximate surface area is 136 Å². The summed E-state index contributed by atoms with van der Waals surface area (Å²) in [5.41, 5.74) is 10.2. The Kier molecular flexibility index (Phi) is 5.91. The first-order chi connectivity index (χ1) is 11.2. The molecule has 0 heterocycles. The van der Waals surface area contributed by atoms with Gasteiger partial charge >= 0.3 is 0 Å². The van der Waals surface area contributed by atoms with Crippen molar-refractivity contribution in [1.29, 1.82) is 0 Å². The van der Waals surface area contributed by atoms with Crippen molar-refractivity contribution in [2.24, 2.45) is 0 Å². The molecule has 0 aliphatic heterocycles. The van der Waals surface area contributed by atoms with E-state index in [2.05, 4.69) is 10.9 Å². The number of carbonyl (C=O) groups is 1. The highest BCUT2D eigenvalue weighted by molar-refractivity contribution is 5.92. The van der Waals surface area contributed by atoms with Gasteiger partial charge in [0.05, 0.1) is 18.0 Å². The van der Waals surface area contributed by atoms with Crippen LogP contribution in [0.5, 0.6) is 0 Å². The molecule has 0 aliphatic carbocycles. The molecule has 0 aliphatic rings. The lowest BCUT2D eigenvalue weighted by molar-refractivity contribution is -0.114. The number of hydrogen-bond donors (Lipinski definition) is 3. The van der Waals surface area contributed by atoms with Gasteiger partial charge in [0.2, 0.25) is 6.41 Å². The number of amides is 1. The number of nitrogens with zero attached hydrogens (tertiary/aromatic N) is 1. The third kappa shape index (κ3) is 3.97. The molecule has 0 saturated carbocycles. The van der Waals surface area contributed by atoms with Crippen LogP contribution < -0.4 is 10.9 Å². The first-order valence-corrected chi connectivity index (χ1v) is 7.32. The molecule has 2 rings (SSSR count). The van der Waals surface area contributed by atoms with Crippen molar-refractivity contribution in [3.05, 3.63) is 71.3 Å². The number of rotatable bonds is 7. The smallest absolute Gasteiger partial charge is 0.213 e. The first kappa shape index (κ1) is 16.7. The molecule has 120 valence electrons. The predicted octanol–water partition coefficient (Wildman–Crippen LogP) is 1.82. The Morgan fingerprint density at radius 3 is 2.26 bits per heavy atom. The molecular formula is C18H21N3O2. The number of carbonyl (C=O) groups excluding carboxylic acids is 1. The Morgan fingerprint density at radius 1 is 1.09 bits per heavy atom. The molecule has 0 unspecified atom stereocenters. The third-order valence-corrected chi connectivity index (χ3v) is 3.47. The van der Waals surface area contributed by atoms with Gasteiger partial charge in [0.15, 0.2) is 0 Å². The monoisotopic (exact) mass is 311 g/mol. The third-order valence-electron chi connectivity index (χ3n) is 3.47. The lowest BCUT2D eigenvalue weighted by Gasteiger charge is -2.22. The van der Waals surface area contributed by atoms with Crippen LogP contribution in [0.3, 0.4) is 0 Å². The first-order valence-electron chi connectivity index (χ1n) is 7.32. The summed E-state index contributed by atoms with van der Waals surface area (Å²) in [5, 5.41) is 9.19. The lowest BCUT2D eigenvalue weighted by atomic mass is 10.0. The van der Waals surface area contributed by atoms with Crippen LogP contribution in [0.25, 0.3) is 11.4 Å². The van der Waals surface area contributed by atoms with Gasteiger partial charge in [-0.3, -0.25) is 4.79 Å². The second-order valence-electron chi connectivity index (χ2n) is 5.04. The minimum atomic E-state index is -0.0108. The Bertz CT molecular complexity index is 666. The Morgan fingerprint density at radius 2 is 1.74 bits per heavy atom. The molecule has 23 heavy (non-hydrogen) atoms. The van der Waals surface area contributed by atoms with Crippen molar-refractivity contribution in [1.82, 2.24) is 15.8 Å². The van der Waals surface area contributed by atoms with E-state index < -0.39 is 0 Å². The van der Waals surface area contributed by atoms with Crippen LogP contribution in [0.15, 0.2) is 54.6 Å². The van der Waals surface area contributed by atoms with E-state index in [-0.39, 0.29) is 6.61 Å². The SMILES string of the molecule is CNN/C(=C(/c1ccc(CO)cc1)N(C)C=O)c1ccccc1. The maximum atomic E-state index is 11.4. The van der Waals surface area contributed by atoms with Crippen LogP contribution in [0.4, 0.5) is 0 Å². The van der Waals surface area contributed by atoms with Crippen molar-refractivity contribution in [2.45, 2.75) is 6.61 Å². The zero-order valence-corrected chi connectivity index (χ0v) is 13.3. The highest BCUT2D eigenvalue weighted by Crippen LogP contribution is 2.26. The molecule has 0 spiro atoms. The fourth-order valence-electron chi connectivity index (χ4n) is 2.34. The zero-order chi connectivity index (χ0) is 16.7. The molecule has 5 nitrogen and oxygen atoms in total. The van der Waals surface area contributed by atoms with Gasteiger partial charge in [-0.25, -0.2) is 5.43 Å². The molecule has 0 bridgehead atoms. The van der Waals surface area contributed by atoms with Gasteiger partial charge in [-0.15, -0.1) is 0 Å². The van der Waals surface area contributed by atoms with E-state index in [1.807, 2.05) is 54.6 Å². The number of hydrogen-bond acceptors (Lipinski definition) is 4. The average molecular weight is 311 g/mol. The van der Waals surface area contributed by atoms with Crippen molar-refractivity contribution in [3.8, 4) is 0 Å². The summed E-state index contributed by atoms with van der Waals surface area (Å²) in [4.78, 5) is 12.9. The van der Waals surface area contributed by atoms with E-state index in [1.54, 1.807) is 14.1 Å². The fraction of sp³-hybridized carbons (Fsp3) is 0.167.